The average molecular weight is 376 g/mol. The van der Waals surface area contributed by atoms with E-state index in [1.165, 1.54) is 22.7 Å². The Morgan fingerprint density at radius 2 is 2.00 bits per heavy atom. The first kappa shape index (κ1) is 18.4. The number of hydrogen-bond acceptors (Lipinski definition) is 3. The van der Waals surface area contributed by atoms with E-state index in [9.17, 15) is 17.6 Å². The van der Waals surface area contributed by atoms with E-state index in [1.807, 2.05) is 6.92 Å². The monoisotopic (exact) mass is 376 g/mol. The molecule has 0 radical (unpaired) electrons. The Bertz CT molecular complexity index is 944. The molecule has 0 atom stereocenters. The van der Waals surface area contributed by atoms with Crippen molar-refractivity contribution in [1.29, 1.82) is 0 Å². The summed E-state index contributed by atoms with van der Waals surface area (Å²) in [7, 11) is -3.31. The standard InChI is InChI=1S/C19H21FN2O3S/c1-3-21(13-14-5-4-6-17(20)11-14)19(23)16-7-8-18-15(12-16)9-10-22(18)26(2,24)25/h4-8,11-12H,3,9-10,13H2,1-2H3. The predicted octanol–water partition coefficient (Wildman–Crippen LogP) is 2.81. The Morgan fingerprint density at radius 3 is 2.65 bits per heavy atom. The van der Waals surface area contributed by atoms with Crippen LogP contribution in [0.5, 0.6) is 0 Å². The van der Waals surface area contributed by atoms with Gasteiger partial charge in [0.2, 0.25) is 10.0 Å². The molecule has 138 valence electrons. The third kappa shape index (κ3) is 3.72. The molecule has 0 fully saturated rings. The minimum atomic E-state index is -3.31. The number of carbonyl (C=O) groups is 1. The molecule has 1 aliphatic rings. The molecular weight excluding hydrogens is 355 g/mol. The van der Waals surface area contributed by atoms with E-state index in [-0.39, 0.29) is 11.7 Å². The Labute approximate surface area is 153 Å². The second-order valence-electron chi connectivity index (χ2n) is 6.38. The van der Waals surface area contributed by atoms with Gasteiger partial charge < -0.3 is 4.90 Å². The molecule has 2 aromatic rings. The molecular formula is C19H21FN2O3S. The Hall–Kier alpha value is -2.41. The average Bonchev–Trinajstić information content (AvgIpc) is 3.02. The summed E-state index contributed by atoms with van der Waals surface area (Å²) >= 11 is 0. The van der Waals surface area contributed by atoms with E-state index in [1.54, 1.807) is 35.2 Å². The van der Waals surface area contributed by atoms with Crippen molar-refractivity contribution in [1.82, 2.24) is 4.90 Å². The van der Waals surface area contributed by atoms with Gasteiger partial charge in [0.25, 0.3) is 5.91 Å². The third-order valence-electron chi connectivity index (χ3n) is 4.51. The number of hydrogen-bond donors (Lipinski definition) is 0. The highest BCUT2D eigenvalue weighted by Gasteiger charge is 2.27. The van der Waals surface area contributed by atoms with Gasteiger partial charge in [0, 0.05) is 25.2 Å². The first-order valence-corrected chi connectivity index (χ1v) is 10.3. The molecule has 3 rings (SSSR count). The zero-order chi connectivity index (χ0) is 18.9. The first-order chi connectivity index (χ1) is 12.3. The molecule has 0 N–H and O–H groups in total. The summed E-state index contributed by atoms with van der Waals surface area (Å²) in [6.07, 6.45) is 1.76. The number of amides is 1. The topological polar surface area (TPSA) is 57.7 Å². The highest BCUT2D eigenvalue weighted by atomic mass is 32.2. The van der Waals surface area contributed by atoms with Gasteiger partial charge in [0.1, 0.15) is 5.82 Å². The highest BCUT2D eigenvalue weighted by molar-refractivity contribution is 7.92. The molecule has 0 unspecified atom stereocenters. The van der Waals surface area contributed by atoms with Crippen LogP contribution in [0, 0.1) is 5.82 Å². The van der Waals surface area contributed by atoms with Crippen LogP contribution in [0.1, 0.15) is 28.4 Å². The SMILES string of the molecule is CCN(Cc1cccc(F)c1)C(=O)c1ccc2c(c1)CCN2S(C)(=O)=O. The number of sulfonamides is 1. The van der Waals surface area contributed by atoms with E-state index in [0.29, 0.717) is 37.3 Å². The highest BCUT2D eigenvalue weighted by Crippen LogP contribution is 2.31. The van der Waals surface area contributed by atoms with Gasteiger partial charge in [-0.05, 0) is 54.8 Å². The smallest absolute Gasteiger partial charge is 0.254 e. The van der Waals surface area contributed by atoms with Crippen molar-refractivity contribution in [3.63, 3.8) is 0 Å². The zero-order valence-electron chi connectivity index (χ0n) is 14.8. The molecule has 0 bridgehead atoms. The molecule has 2 aromatic carbocycles. The summed E-state index contributed by atoms with van der Waals surface area (Å²) in [5.41, 5.74) is 2.72. The van der Waals surface area contributed by atoms with Gasteiger partial charge in [-0.1, -0.05) is 12.1 Å². The summed E-state index contributed by atoms with van der Waals surface area (Å²) in [4.78, 5) is 14.5. The number of anilines is 1. The van der Waals surface area contributed by atoms with Crippen molar-refractivity contribution in [3.8, 4) is 0 Å². The fourth-order valence-electron chi connectivity index (χ4n) is 3.21. The second-order valence-corrected chi connectivity index (χ2v) is 8.28. The van der Waals surface area contributed by atoms with Crippen LogP contribution in [0.3, 0.4) is 0 Å². The second kappa shape index (κ2) is 7.07. The number of nitrogens with zero attached hydrogens (tertiary/aromatic N) is 2. The summed E-state index contributed by atoms with van der Waals surface area (Å²) in [6.45, 7) is 3.07. The van der Waals surface area contributed by atoms with Crippen LogP contribution in [-0.2, 0) is 23.0 Å². The van der Waals surface area contributed by atoms with E-state index in [4.69, 9.17) is 0 Å². The van der Waals surface area contributed by atoms with Gasteiger partial charge in [-0.25, -0.2) is 12.8 Å². The lowest BCUT2D eigenvalue weighted by Crippen LogP contribution is -2.30. The van der Waals surface area contributed by atoms with E-state index < -0.39 is 10.0 Å². The van der Waals surface area contributed by atoms with Gasteiger partial charge in [0.15, 0.2) is 0 Å². The zero-order valence-corrected chi connectivity index (χ0v) is 15.6. The summed E-state index contributed by atoms with van der Waals surface area (Å²) in [5.74, 6) is -0.484. The van der Waals surface area contributed by atoms with Crippen LogP contribution in [-0.4, -0.2) is 38.6 Å². The largest absolute Gasteiger partial charge is 0.335 e. The molecule has 1 amide bonds. The maximum Gasteiger partial charge on any atom is 0.254 e. The summed E-state index contributed by atoms with van der Waals surface area (Å²) in [5, 5.41) is 0. The van der Waals surface area contributed by atoms with Crippen molar-refractivity contribution in [2.45, 2.75) is 19.9 Å². The number of benzene rings is 2. The van der Waals surface area contributed by atoms with Crippen molar-refractivity contribution in [2.24, 2.45) is 0 Å². The molecule has 0 aromatic heterocycles. The lowest BCUT2D eigenvalue weighted by molar-refractivity contribution is 0.0752. The maximum absolute atomic E-state index is 13.4. The fraction of sp³-hybridized carbons (Fsp3) is 0.316. The molecule has 0 spiro atoms. The van der Waals surface area contributed by atoms with Crippen molar-refractivity contribution >= 4 is 21.6 Å². The number of fused-ring (bicyclic) bond motifs is 1. The van der Waals surface area contributed by atoms with E-state index >= 15 is 0 Å². The molecule has 26 heavy (non-hydrogen) atoms. The van der Waals surface area contributed by atoms with Crippen LogP contribution in [0.2, 0.25) is 0 Å². The van der Waals surface area contributed by atoms with Gasteiger partial charge >= 0.3 is 0 Å². The third-order valence-corrected chi connectivity index (χ3v) is 5.69. The number of halogens is 1. The minimum absolute atomic E-state index is 0.155. The van der Waals surface area contributed by atoms with Crippen LogP contribution < -0.4 is 4.31 Å². The quantitative estimate of drug-likeness (QED) is 0.806. The maximum atomic E-state index is 13.4. The number of carbonyl (C=O) groups excluding carboxylic acids is 1. The Kier molecular flexibility index (Phi) is 5.00. The van der Waals surface area contributed by atoms with Crippen molar-refractivity contribution in [3.05, 3.63) is 65.0 Å². The molecule has 1 aliphatic heterocycles. The van der Waals surface area contributed by atoms with Gasteiger partial charge in [-0.3, -0.25) is 9.10 Å². The van der Waals surface area contributed by atoms with Crippen molar-refractivity contribution in [2.75, 3.05) is 23.7 Å². The lowest BCUT2D eigenvalue weighted by atomic mass is 10.1. The summed E-state index contributed by atoms with van der Waals surface area (Å²) in [6, 6.07) is 11.3. The molecule has 7 heteroatoms. The fourth-order valence-corrected chi connectivity index (χ4v) is 4.17. The minimum Gasteiger partial charge on any atom is -0.335 e. The van der Waals surface area contributed by atoms with Crippen LogP contribution in [0.4, 0.5) is 10.1 Å². The van der Waals surface area contributed by atoms with Gasteiger partial charge in [-0.2, -0.15) is 0 Å². The first-order valence-electron chi connectivity index (χ1n) is 8.44. The van der Waals surface area contributed by atoms with Gasteiger partial charge in [0.05, 0.1) is 11.9 Å². The van der Waals surface area contributed by atoms with Crippen LogP contribution >= 0.6 is 0 Å². The van der Waals surface area contributed by atoms with Crippen LogP contribution in [0.15, 0.2) is 42.5 Å². The lowest BCUT2D eigenvalue weighted by Gasteiger charge is -2.22. The van der Waals surface area contributed by atoms with Gasteiger partial charge in [-0.15, -0.1) is 0 Å². The van der Waals surface area contributed by atoms with E-state index in [2.05, 4.69) is 0 Å². The number of rotatable bonds is 5. The van der Waals surface area contributed by atoms with Crippen molar-refractivity contribution < 1.29 is 17.6 Å². The van der Waals surface area contributed by atoms with E-state index in [0.717, 1.165) is 11.1 Å². The predicted molar refractivity (Wildman–Crippen MR) is 99.2 cm³/mol. The molecule has 0 saturated carbocycles. The molecule has 0 aliphatic carbocycles. The molecule has 5 nitrogen and oxygen atoms in total. The normalized spacial score (nSPS) is 13.6. The molecule has 0 saturated heterocycles. The van der Waals surface area contributed by atoms with Crippen LogP contribution in [0.25, 0.3) is 0 Å². The summed E-state index contributed by atoms with van der Waals surface area (Å²) < 4.78 is 38.4. The Morgan fingerprint density at radius 1 is 1.23 bits per heavy atom. The Balaban J connectivity index is 1.83. The molecule has 1 heterocycles.